The largest absolute Gasteiger partial charge is 0.481 e. The highest BCUT2D eigenvalue weighted by Gasteiger charge is 2.50. The molecular weight excluding hydrogens is 923 g/mol. The molecule has 63 heavy (non-hydrogen) atoms. The molecule has 0 bridgehead atoms. The van der Waals surface area contributed by atoms with Gasteiger partial charge in [0.2, 0.25) is 11.8 Å². The van der Waals surface area contributed by atoms with Crippen LogP contribution in [0.5, 0.6) is 0 Å². The van der Waals surface area contributed by atoms with E-state index in [2.05, 4.69) is 34.4 Å². The van der Waals surface area contributed by atoms with Crippen molar-refractivity contribution in [1.82, 2.24) is 30.2 Å². The van der Waals surface area contributed by atoms with Gasteiger partial charge in [0.25, 0.3) is 0 Å². The molecule has 2 amide bonds. The summed E-state index contributed by atoms with van der Waals surface area (Å²) < 4.78 is 62.2. The van der Waals surface area contributed by atoms with Crippen molar-refractivity contribution in [3.05, 3.63) is 49.1 Å². The number of nitrogens with one attached hydrogen (secondary N) is 2. The van der Waals surface area contributed by atoms with Gasteiger partial charge in [0.05, 0.1) is 19.5 Å². The first kappa shape index (κ1) is 53.6. The molecule has 0 aromatic carbocycles. The number of phosphoric ester groups is 3. The molecule has 26 nitrogen and oxygen atoms in total. The number of ether oxygens (including phenoxy) is 1. The summed E-state index contributed by atoms with van der Waals surface area (Å²) in [5.74, 6) is -2.08. The number of aliphatic hydroxyl groups is 2. The van der Waals surface area contributed by atoms with Crippen LogP contribution < -0.4 is 16.4 Å². The van der Waals surface area contributed by atoms with E-state index in [1.54, 1.807) is 36.5 Å². The second-order valence-electron chi connectivity index (χ2n) is 14.0. The van der Waals surface area contributed by atoms with Crippen molar-refractivity contribution in [1.29, 1.82) is 0 Å². The molecule has 2 aromatic rings. The summed E-state index contributed by atoms with van der Waals surface area (Å²) in [6.07, 6.45) is 4.77. The fourth-order valence-electron chi connectivity index (χ4n) is 5.25. The number of hydrogen-bond donors (Lipinski definition) is 10. The number of nitrogens with zero attached hydrogens (tertiary/aromatic N) is 4. The van der Waals surface area contributed by atoms with Gasteiger partial charge < -0.3 is 56.0 Å². The van der Waals surface area contributed by atoms with Crippen LogP contribution in [0.25, 0.3) is 11.2 Å². The van der Waals surface area contributed by atoms with E-state index in [0.717, 1.165) is 29.0 Å². The lowest BCUT2D eigenvalue weighted by Gasteiger charge is -2.30. The number of carboxylic acid groups (broad SMARTS) is 1. The molecule has 1 aliphatic heterocycles. The summed E-state index contributed by atoms with van der Waals surface area (Å²) >= 11 is 1.04. The lowest BCUT2D eigenvalue weighted by molar-refractivity contribution is -0.137. The Morgan fingerprint density at radius 3 is 2.25 bits per heavy atom. The minimum Gasteiger partial charge on any atom is -0.481 e. The molecule has 0 saturated carbocycles. The maximum absolute atomic E-state index is 12.7. The van der Waals surface area contributed by atoms with Gasteiger partial charge in [-0.2, -0.15) is 4.31 Å². The molecule has 352 valence electrons. The Hall–Kier alpha value is -3.75. The van der Waals surface area contributed by atoms with Crippen molar-refractivity contribution in [2.24, 2.45) is 5.41 Å². The normalized spacial score (nSPS) is 20.9. The highest BCUT2D eigenvalue weighted by Crippen LogP contribution is 2.61. The average molecular weight is 974 g/mol. The van der Waals surface area contributed by atoms with Crippen molar-refractivity contribution < 1.29 is 90.4 Å². The Labute approximate surface area is 363 Å². The second-order valence-corrected chi connectivity index (χ2v) is 19.4. The summed E-state index contributed by atoms with van der Waals surface area (Å²) in [6, 6.07) is 0. The molecule has 2 aromatic heterocycles. The maximum atomic E-state index is 12.7. The quantitative estimate of drug-likeness (QED) is 0.0339. The SMILES string of the molecule is CC(C)(COP(=O)(O)OP(=O)(O)OCC1OC(n2cnc3c(N)ncnc32)C(O)C1OP(=O)(O)O)C(O)C(=O)NCCC(=O)NCCSC(=O)CC/C=C/C=C/C=C/CCC(=O)O. The van der Waals surface area contributed by atoms with E-state index in [1.165, 1.54) is 13.8 Å². The lowest BCUT2D eigenvalue weighted by Crippen LogP contribution is -2.46. The van der Waals surface area contributed by atoms with E-state index < -0.39 is 90.5 Å². The first-order valence-electron chi connectivity index (χ1n) is 18.7. The minimum absolute atomic E-state index is 0.0225. The van der Waals surface area contributed by atoms with Crippen LogP contribution >= 0.6 is 35.2 Å². The standard InChI is InChI=1S/C33H50N7O19P3S/c1-33(2,28(46)31(47)36-14-13-22(41)35-15-16-63-24(44)12-10-8-6-4-3-5-7-9-11-23(42)43)18-56-62(53,54)59-61(51,52)55-17-21-27(58-60(48,49)50)26(45)32(57-21)40-20-39-25-29(34)37-19-38-30(25)40/h3-8,19-21,26-28,32,45-46H,9-18H2,1-2H3,(H,35,41)(H,36,47)(H,42,43)(H,51,52)(H,53,54)(H2,34,37,38)(H2,48,49,50)/b4-3+,7-5+,8-6+. The fourth-order valence-corrected chi connectivity index (χ4v) is 8.78. The Bertz CT molecular complexity index is 2130. The number of thioether (sulfide) groups is 1. The van der Waals surface area contributed by atoms with Crippen molar-refractivity contribution >= 4 is 75.1 Å². The number of fused-ring (bicyclic) bond motifs is 1. The Morgan fingerprint density at radius 1 is 0.952 bits per heavy atom. The number of imidazole rings is 1. The lowest BCUT2D eigenvalue weighted by atomic mass is 9.87. The van der Waals surface area contributed by atoms with Crippen LogP contribution in [0.3, 0.4) is 0 Å². The van der Waals surface area contributed by atoms with Crippen LogP contribution in [-0.4, -0.2) is 134 Å². The molecule has 7 atom stereocenters. The number of aliphatic hydroxyl groups excluding tert-OH is 2. The molecule has 7 unspecified atom stereocenters. The number of phosphoric acid groups is 3. The van der Waals surface area contributed by atoms with Crippen LogP contribution in [0.4, 0.5) is 5.82 Å². The minimum atomic E-state index is -5.59. The third kappa shape index (κ3) is 18.7. The number of aromatic nitrogens is 4. The summed E-state index contributed by atoms with van der Waals surface area (Å²) in [5, 5.41) is 34.9. The van der Waals surface area contributed by atoms with Crippen LogP contribution in [0.15, 0.2) is 49.1 Å². The maximum Gasteiger partial charge on any atom is 0.481 e. The Balaban J connectivity index is 1.38. The second kappa shape index (κ2) is 24.5. The third-order valence-corrected chi connectivity index (χ3v) is 12.4. The number of carboxylic acids is 1. The molecule has 0 aliphatic carbocycles. The van der Waals surface area contributed by atoms with Crippen molar-refractivity contribution in [2.75, 3.05) is 37.8 Å². The van der Waals surface area contributed by atoms with E-state index in [1.807, 2.05) is 0 Å². The zero-order valence-corrected chi connectivity index (χ0v) is 37.2. The summed E-state index contributed by atoms with van der Waals surface area (Å²) in [7, 11) is -16.4. The Kier molecular flexibility index (Phi) is 20.9. The number of nitrogens with two attached hydrogens (primary N) is 1. The zero-order chi connectivity index (χ0) is 47.0. The molecule has 0 radical (unpaired) electrons. The zero-order valence-electron chi connectivity index (χ0n) is 33.7. The van der Waals surface area contributed by atoms with Crippen LogP contribution in [0.2, 0.25) is 0 Å². The number of allylic oxidation sites excluding steroid dienone is 6. The van der Waals surface area contributed by atoms with Gasteiger partial charge in [-0.15, -0.1) is 0 Å². The smallest absolute Gasteiger partial charge is 0.481 e. The van der Waals surface area contributed by atoms with Crippen LogP contribution in [0, 0.1) is 5.41 Å². The predicted molar refractivity (Wildman–Crippen MR) is 221 cm³/mol. The average Bonchev–Trinajstić information content (AvgIpc) is 3.75. The fraction of sp³-hybridized carbons (Fsp3) is 0.545. The third-order valence-electron chi connectivity index (χ3n) is 8.41. The number of aliphatic carboxylic acids is 1. The molecule has 11 N–H and O–H groups in total. The van der Waals surface area contributed by atoms with E-state index in [4.69, 9.17) is 24.6 Å². The molecule has 1 aliphatic rings. The molecule has 0 spiro atoms. The number of amides is 2. The monoisotopic (exact) mass is 973 g/mol. The topological polar surface area (TPSA) is 401 Å². The molecule has 30 heteroatoms. The number of carbonyl (C=O) groups excluding carboxylic acids is 3. The summed E-state index contributed by atoms with van der Waals surface area (Å²) in [5.41, 5.74) is 4.23. The van der Waals surface area contributed by atoms with Gasteiger partial charge in [0, 0.05) is 43.5 Å². The molecule has 3 rings (SSSR count). The van der Waals surface area contributed by atoms with E-state index in [9.17, 15) is 62.7 Å². The first-order chi connectivity index (χ1) is 29.4. The van der Waals surface area contributed by atoms with Crippen molar-refractivity contribution in [3.63, 3.8) is 0 Å². The van der Waals surface area contributed by atoms with Crippen LogP contribution in [0.1, 0.15) is 52.2 Å². The first-order valence-corrected chi connectivity index (χ1v) is 24.2. The number of rotatable bonds is 27. The van der Waals surface area contributed by atoms with Gasteiger partial charge in [0.15, 0.2) is 22.8 Å². The number of nitrogen functional groups attached to an aromatic ring is 1. The van der Waals surface area contributed by atoms with E-state index in [-0.39, 0.29) is 54.4 Å². The highest BCUT2D eigenvalue weighted by molar-refractivity contribution is 8.13. The number of anilines is 1. The number of hydrogen-bond acceptors (Lipinski definition) is 19. The van der Waals surface area contributed by atoms with Gasteiger partial charge in [-0.05, 0) is 12.8 Å². The van der Waals surface area contributed by atoms with Crippen molar-refractivity contribution in [2.45, 2.75) is 76.6 Å². The van der Waals surface area contributed by atoms with Crippen molar-refractivity contribution in [3.8, 4) is 0 Å². The molecule has 1 fully saturated rings. The van der Waals surface area contributed by atoms with Crippen LogP contribution in [-0.2, 0) is 55.5 Å². The Morgan fingerprint density at radius 2 is 1.60 bits per heavy atom. The molecule has 1 saturated heterocycles. The van der Waals surface area contributed by atoms with Gasteiger partial charge >= 0.3 is 29.4 Å². The molecular formula is C33H50N7O19P3S. The molecule has 3 heterocycles. The number of carbonyl (C=O) groups is 4. The van der Waals surface area contributed by atoms with Gasteiger partial charge in [-0.3, -0.25) is 37.3 Å². The highest BCUT2D eigenvalue weighted by atomic mass is 32.2. The van der Waals surface area contributed by atoms with E-state index >= 15 is 0 Å². The van der Waals surface area contributed by atoms with Gasteiger partial charge in [0.1, 0.15) is 36.3 Å². The van der Waals surface area contributed by atoms with Gasteiger partial charge in [-0.25, -0.2) is 28.6 Å². The summed E-state index contributed by atoms with van der Waals surface area (Å²) in [4.78, 5) is 98.3. The predicted octanol–water partition coefficient (Wildman–Crippen LogP) is 0.978. The van der Waals surface area contributed by atoms with Gasteiger partial charge in [-0.1, -0.05) is 62.1 Å². The summed E-state index contributed by atoms with van der Waals surface area (Å²) in [6.45, 7) is 0.374. The van der Waals surface area contributed by atoms with E-state index in [0.29, 0.717) is 18.6 Å².